The highest BCUT2D eigenvalue weighted by Crippen LogP contribution is 2.23. The number of hydrogen-bond donors (Lipinski definition) is 0. The first-order chi connectivity index (χ1) is 12.7. The standard InChI is InChI=1S/C19H19N3O3S/c1-24-16-9-7-14(8-10-16)12-22-18(23)13-26-19(22)21-20-11-15-5-3-4-6-17(15)25-2/h3-11H,12-13H2,1-2H3/b20-11-,21-19+. The Kier molecular flexibility index (Phi) is 5.91. The number of amidine groups is 1. The molecule has 7 heteroatoms. The molecular weight excluding hydrogens is 350 g/mol. The highest BCUT2D eigenvalue weighted by molar-refractivity contribution is 8.15. The molecule has 0 atom stereocenters. The Bertz CT molecular complexity index is 834. The molecule has 1 heterocycles. The van der Waals surface area contributed by atoms with E-state index in [2.05, 4.69) is 10.2 Å². The van der Waals surface area contributed by atoms with Crippen LogP contribution in [0.15, 0.2) is 58.7 Å². The molecule has 1 saturated heterocycles. The number of ether oxygens (including phenoxy) is 2. The van der Waals surface area contributed by atoms with E-state index in [4.69, 9.17) is 9.47 Å². The number of thioether (sulfide) groups is 1. The van der Waals surface area contributed by atoms with Crippen molar-refractivity contribution in [3.8, 4) is 11.5 Å². The number of rotatable bonds is 6. The van der Waals surface area contributed by atoms with Crippen molar-refractivity contribution in [1.82, 2.24) is 4.90 Å². The molecule has 0 aromatic heterocycles. The zero-order chi connectivity index (χ0) is 18.4. The van der Waals surface area contributed by atoms with Crippen LogP contribution in [0.1, 0.15) is 11.1 Å². The van der Waals surface area contributed by atoms with E-state index >= 15 is 0 Å². The lowest BCUT2D eigenvalue weighted by molar-refractivity contribution is -0.124. The summed E-state index contributed by atoms with van der Waals surface area (Å²) in [6.07, 6.45) is 1.63. The molecule has 2 aromatic carbocycles. The summed E-state index contributed by atoms with van der Waals surface area (Å²) in [5, 5.41) is 8.96. The summed E-state index contributed by atoms with van der Waals surface area (Å²) in [7, 11) is 3.24. The molecule has 6 nitrogen and oxygen atoms in total. The first-order valence-electron chi connectivity index (χ1n) is 8.01. The molecule has 0 saturated carbocycles. The normalized spacial score (nSPS) is 15.8. The lowest BCUT2D eigenvalue weighted by Gasteiger charge is -2.15. The number of carbonyl (C=O) groups excluding carboxylic acids is 1. The fourth-order valence-electron chi connectivity index (χ4n) is 2.45. The average Bonchev–Trinajstić information content (AvgIpc) is 3.02. The van der Waals surface area contributed by atoms with Crippen molar-refractivity contribution in [3.63, 3.8) is 0 Å². The second-order valence-corrected chi connectivity index (χ2v) is 6.43. The van der Waals surface area contributed by atoms with Crippen LogP contribution in [0.5, 0.6) is 11.5 Å². The van der Waals surface area contributed by atoms with Gasteiger partial charge in [0.05, 0.1) is 32.7 Å². The summed E-state index contributed by atoms with van der Waals surface area (Å²) in [5.74, 6) is 1.91. The number of amides is 1. The Morgan fingerprint density at radius 1 is 1.12 bits per heavy atom. The van der Waals surface area contributed by atoms with Crippen molar-refractivity contribution < 1.29 is 14.3 Å². The topological polar surface area (TPSA) is 63.5 Å². The molecule has 1 aliphatic rings. The molecule has 2 aromatic rings. The molecular formula is C19H19N3O3S. The summed E-state index contributed by atoms with van der Waals surface area (Å²) < 4.78 is 10.4. The third kappa shape index (κ3) is 4.23. The molecule has 3 rings (SSSR count). The van der Waals surface area contributed by atoms with Crippen molar-refractivity contribution in [2.24, 2.45) is 10.2 Å². The van der Waals surface area contributed by atoms with E-state index in [-0.39, 0.29) is 5.91 Å². The SMILES string of the molecule is COc1ccc(CN2C(=O)CS/C2=N/N=C\c2ccccc2OC)cc1. The third-order valence-electron chi connectivity index (χ3n) is 3.84. The second kappa shape index (κ2) is 8.53. The fourth-order valence-corrected chi connectivity index (χ4v) is 3.29. The summed E-state index contributed by atoms with van der Waals surface area (Å²) >= 11 is 1.39. The van der Waals surface area contributed by atoms with Crippen LogP contribution in [0.4, 0.5) is 0 Å². The minimum Gasteiger partial charge on any atom is -0.497 e. The molecule has 0 radical (unpaired) electrons. The number of para-hydroxylation sites is 1. The first-order valence-corrected chi connectivity index (χ1v) is 9.00. The third-order valence-corrected chi connectivity index (χ3v) is 4.79. The summed E-state index contributed by atoms with van der Waals surface area (Å²) in [6, 6.07) is 15.2. The zero-order valence-corrected chi connectivity index (χ0v) is 15.4. The van der Waals surface area contributed by atoms with Crippen LogP contribution < -0.4 is 9.47 Å². The van der Waals surface area contributed by atoms with Gasteiger partial charge < -0.3 is 9.47 Å². The van der Waals surface area contributed by atoms with Gasteiger partial charge in [0.15, 0.2) is 5.17 Å². The molecule has 0 unspecified atom stereocenters. The van der Waals surface area contributed by atoms with Gasteiger partial charge in [-0.15, -0.1) is 5.10 Å². The molecule has 0 N–H and O–H groups in total. The van der Waals surface area contributed by atoms with Gasteiger partial charge in [0, 0.05) is 5.56 Å². The van der Waals surface area contributed by atoms with E-state index in [0.717, 1.165) is 22.6 Å². The van der Waals surface area contributed by atoms with Crippen LogP contribution in [0.25, 0.3) is 0 Å². The summed E-state index contributed by atoms with van der Waals surface area (Å²) in [6.45, 7) is 0.457. The predicted molar refractivity (Wildman–Crippen MR) is 104 cm³/mol. The van der Waals surface area contributed by atoms with Crippen LogP contribution in [0.2, 0.25) is 0 Å². The van der Waals surface area contributed by atoms with E-state index in [1.807, 2.05) is 48.5 Å². The largest absolute Gasteiger partial charge is 0.497 e. The minimum absolute atomic E-state index is 0.0251. The van der Waals surface area contributed by atoms with Gasteiger partial charge in [0.1, 0.15) is 11.5 Å². The van der Waals surface area contributed by atoms with Gasteiger partial charge in [-0.2, -0.15) is 5.10 Å². The predicted octanol–water partition coefficient (Wildman–Crippen LogP) is 3.17. The van der Waals surface area contributed by atoms with Crippen molar-refractivity contribution >= 4 is 29.1 Å². The minimum atomic E-state index is 0.0251. The Morgan fingerprint density at radius 2 is 1.88 bits per heavy atom. The van der Waals surface area contributed by atoms with Gasteiger partial charge in [0.25, 0.3) is 0 Å². The summed E-state index contributed by atoms with van der Waals surface area (Å²) in [5.41, 5.74) is 1.83. The lowest BCUT2D eigenvalue weighted by Crippen LogP contribution is -2.28. The van der Waals surface area contributed by atoms with Crippen molar-refractivity contribution in [2.45, 2.75) is 6.54 Å². The maximum atomic E-state index is 12.2. The van der Waals surface area contributed by atoms with E-state index in [0.29, 0.717) is 17.5 Å². The average molecular weight is 369 g/mol. The molecule has 1 amide bonds. The van der Waals surface area contributed by atoms with E-state index in [1.165, 1.54) is 11.8 Å². The second-order valence-electron chi connectivity index (χ2n) is 5.49. The zero-order valence-electron chi connectivity index (χ0n) is 14.6. The molecule has 134 valence electrons. The van der Waals surface area contributed by atoms with Gasteiger partial charge in [0.2, 0.25) is 5.91 Å². The van der Waals surface area contributed by atoms with Gasteiger partial charge >= 0.3 is 0 Å². The van der Waals surface area contributed by atoms with E-state index in [1.54, 1.807) is 25.3 Å². The molecule has 26 heavy (non-hydrogen) atoms. The van der Waals surface area contributed by atoms with Crippen LogP contribution in [0.3, 0.4) is 0 Å². The van der Waals surface area contributed by atoms with Crippen molar-refractivity contribution in [2.75, 3.05) is 20.0 Å². The van der Waals surface area contributed by atoms with Gasteiger partial charge in [-0.25, -0.2) is 0 Å². The van der Waals surface area contributed by atoms with Crippen LogP contribution in [0, 0.1) is 0 Å². The molecule has 1 aliphatic heterocycles. The molecule has 0 bridgehead atoms. The smallest absolute Gasteiger partial charge is 0.239 e. The van der Waals surface area contributed by atoms with E-state index < -0.39 is 0 Å². The monoisotopic (exact) mass is 369 g/mol. The quantitative estimate of drug-likeness (QED) is 0.580. The first kappa shape index (κ1) is 18.0. The number of hydrogen-bond acceptors (Lipinski definition) is 6. The van der Waals surface area contributed by atoms with E-state index in [9.17, 15) is 4.79 Å². The van der Waals surface area contributed by atoms with Crippen molar-refractivity contribution in [3.05, 3.63) is 59.7 Å². The highest BCUT2D eigenvalue weighted by Gasteiger charge is 2.28. The Morgan fingerprint density at radius 3 is 2.62 bits per heavy atom. The molecule has 0 aliphatic carbocycles. The van der Waals surface area contributed by atoms with Gasteiger partial charge in [-0.3, -0.25) is 9.69 Å². The van der Waals surface area contributed by atoms with Crippen LogP contribution in [-0.2, 0) is 11.3 Å². The van der Waals surface area contributed by atoms with Gasteiger partial charge in [-0.1, -0.05) is 36.0 Å². The Balaban J connectivity index is 1.74. The fraction of sp³-hybridized carbons (Fsp3) is 0.211. The Hall–Kier alpha value is -2.80. The maximum Gasteiger partial charge on any atom is 0.239 e. The molecule has 0 spiro atoms. The Labute approximate surface area is 156 Å². The number of methoxy groups -OCH3 is 2. The number of nitrogens with zero attached hydrogens (tertiary/aromatic N) is 3. The van der Waals surface area contributed by atoms with Crippen molar-refractivity contribution in [1.29, 1.82) is 0 Å². The van der Waals surface area contributed by atoms with Gasteiger partial charge in [-0.05, 0) is 29.8 Å². The summed E-state index contributed by atoms with van der Waals surface area (Å²) in [4.78, 5) is 13.8. The molecule has 1 fully saturated rings. The number of carbonyl (C=O) groups is 1. The van der Waals surface area contributed by atoms with Crippen LogP contribution in [-0.4, -0.2) is 42.2 Å². The number of benzene rings is 2. The van der Waals surface area contributed by atoms with Crippen LogP contribution >= 0.6 is 11.8 Å². The highest BCUT2D eigenvalue weighted by atomic mass is 32.2. The lowest BCUT2D eigenvalue weighted by atomic mass is 10.2. The maximum absolute atomic E-state index is 12.2.